The molecule has 0 fully saturated rings. The minimum Gasteiger partial charge on any atom is -0.490 e. The number of hydrogen-bond donors (Lipinski definition) is 0. The van der Waals surface area contributed by atoms with Gasteiger partial charge < -0.3 is 23.8 Å². The Balaban J connectivity index is 1.74. The molecule has 0 bridgehead atoms. The van der Waals surface area contributed by atoms with Gasteiger partial charge in [0.1, 0.15) is 13.2 Å². The van der Waals surface area contributed by atoms with Gasteiger partial charge in [0.25, 0.3) is 5.91 Å². The van der Waals surface area contributed by atoms with Crippen LogP contribution in [0.2, 0.25) is 0 Å². The smallest absolute Gasteiger partial charge is 0.254 e. The number of hydrogen-bond acceptors (Lipinski definition) is 5. The highest BCUT2D eigenvalue weighted by Crippen LogP contribution is 2.32. The van der Waals surface area contributed by atoms with E-state index in [1.807, 2.05) is 32.0 Å². The number of nitrogens with zero attached hydrogens (tertiary/aromatic N) is 1. The van der Waals surface area contributed by atoms with Crippen molar-refractivity contribution < 1.29 is 23.7 Å². The molecular formula is C21H25NO5. The van der Waals surface area contributed by atoms with Gasteiger partial charge in [-0.15, -0.1) is 0 Å². The predicted octanol–water partition coefficient (Wildman–Crippen LogP) is 3.53. The zero-order valence-electron chi connectivity index (χ0n) is 16.0. The summed E-state index contributed by atoms with van der Waals surface area (Å²) in [7, 11) is 1.77. The highest BCUT2D eigenvalue weighted by molar-refractivity contribution is 5.94. The van der Waals surface area contributed by atoms with Gasteiger partial charge in [0.2, 0.25) is 0 Å². The average Bonchev–Trinajstić information content (AvgIpc) is 2.69. The van der Waals surface area contributed by atoms with Crippen LogP contribution in [0.3, 0.4) is 0 Å². The number of amides is 1. The summed E-state index contributed by atoms with van der Waals surface area (Å²) in [5, 5.41) is 0. The van der Waals surface area contributed by atoms with Crippen LogP contribution in [0, 0.1) is 0 Å². The molecule has 6 heteroatoms. The number of fused-ring (bicyclic) bond motifs is 1. The van der Waals surface area contributed by atoms with Crippen LogP contribution in [0.25, 0.3) is 0 Å². The number of carbonyl (C=O) groups is 1. The van der Waals surface area contributed by atoms with E-state index in [1.165, 1.54) is 0 Å². The number of carbonyl (C=O) groups excluding carboxylic acids is 1. The van der Waals surface area contributed by atoms with E-state index in [4.69, 9.17) is 18.9 Å². The van der Waals surface area contributed by atoms with Gasteiger partial charge in [0, 0.05) is 19.2 Å². The first-order valence-corrected chi connectivity index (χ1v) is 9.16. The Morgan fingerprint density at radius 1 is 0.963 bits per heavy atom. The van der Waals surface area contributed by atoms with Crippen LogP contribution in [-0.2, 0) is 6.54 Å². The van der Waals surface area contributed by atoms with Crippen LogP contribution in [0.5, 0.6) is 23.0 Å². The summed E-state index contributed by atoms with van der Waals surface area (Å²) in [4.78, 5) is 14.5. The second-order valence-corrected chi connectivity index (χ2v) is 6.17. The van der Waals surface area contributed by atoms with Crippen molar-refractivity contribution in [3.8, 4) is 23.0 Å². The monoisotopic (exact) mass is 371 g/mol. The first kappa shape index (κ1) is 18.9. The zero-order valence-corrected chi connectivity index (χ0v) is 16.0. The third-order valence-electron chi connectivity index (χ3n) is 4.16. The lowest BCUT2D eigenvalue weighted by Crippen LogP contribution is -2.26. The Morgan fingerprint density at radius 2 is 1.67 bits per heavy atom. The van der Waals surface area contributed by atoms with Crippen molar-refractivity contribution in [3.05, 3.63) is 47.5 Å². The van der Waals surface area contributed by atoms with Gasteiger partial charge in [0.05, 0.1) is 13.2 Å². The molecule has 0 atom stereocenters. The van der Waals surface area contributed by atoms with Crippen molar-refractivity contribution in [2.75, 3.05) is 33.5 Å². The van der Waals surface area contributed by atoms with Crippen LogP contribution in [-0.4, -0.2) is 44.3 Å². The van der Waals surface area contributed by atoms with Crippen molar-refractivity contribution in [1.29, 1.82) is 0 Å². The van der Waals surface area contributed by atoms with Crippen molar-refractivity contribution in [1.82, 2.24) is 4.90 Å². The van der Waals surface area contributed by atoms with E-state index in [0.29, 0.717) is 50.0 Å². The lowest BCUT2D eigenvalue weighted by molar-refractivity contribution is 0.0784. The molecule has 1 aliphatic heterocycles. The maximum atomic E-state index is 12.8. The normalized spacial score (nSPS) is 12.4. The molecule has 0 saturated carbocycles. The molecular weight excluding hydrogens is 346 g/mol. The summed E-state index contributed by atoms with van der Waals surface area (Å²) >= 11 is 0. The molecule has 6 nitrogen and oxygen atoms in total. The molecule has 0 aliphatic carbocycles. The SMILES string of the molecule is CCOc1ccc(C(=O)N(C)Cc2ccc3c(c2)OCCO3)cc1OCC. The number of benzene rings is 2. The fourth-order valence-corrected chi connectivity index (χ4v) is 2.94. The van der Waals surface area contributed by atoms with Crippen molar-refractivity contribution in [2.24, 2.45) is 0 Å². The van der Waals surface area contributed by atoms with Gasteiger partial charge in [-0.25, -0.2) is 0 Å². The third kappa shape index (κ3) is 4.45. The Bertz CT molecular complexity index is 805. The molecule has 1 amide bonds. The van der Waals surface area contributed by atoms with Gasteiger partial charge in [-0.1, -0.05) is 6.07 Å². The fourth-order valence-electron chi connectivity index (χ4n) is 2.94. The molecule has 0 spiro atoms. The predicted molar refractivity (Wildman–Crippen MR) is 102 cm³/mol. The summed E-state index contributed by atoms with van der Waals surface area (Å²) in [5.41, 5.74) is 1.54. The van der Waals surface area contributed by atoms with E-state index in [2.05, 4.69) is 0 Å². The standard InChI is InChI=1S/C21H25NO5/c1-4-24-17-9-7-16(13-20(17)25-5-2)21(23)22(3)14-15-6-8-18-19(12-15)27-11-10-26-18/h6-9,12-13H,4-5,10-11,14H2,1-3H3. The molecule has 0 saturated heterocycles. The summed E-state index contributed by atoms with van der Waals surface area (Å²) in [6, 6.07) is 11.0. The average molecular weight is 371 g/mol. The van der Waals surface area contributed by atoms with Gasteiger partial charge in [-0.3, -0.25) is 4.79 Å². The Kier molecular flexibility index (Phi) is 6.06. The van der Waals surface area contributed by atoms with Gasteiger partial charge in [-0.2, -0.15) is 0 Å². The number of ether oxygens (including phenoxy) is 4. The Morgan fingerprint density at radius 3 is 2.41 bits per heavy atom. The van der Waals surface area contributed by atoms with E-state index >= 15 is 0 Å². The van der Waals surface area contributed by atoms with E-state index in [-0.39, 0.29) is 5.91 Å². The Labute approximate surface area is 159 Å². The molecule has 0 radical (unpaired) electrons. The third-order valence-corrected chi connectivity index (χ3v) is 4.16. The molecule has 2 aromatic rings. The summed E-state index contributed by atoms with van der Waals surface area (Å²) in [5.74, 6) is 2.60. The maximum Gasteiger partial charge on any atom is 0.254 e. The molecule has 27 heavy (non-hydrogen) atoms. The maximum absolute atomic E-state index is 12.8. The van der Waals surface area contributed by atoms with E-state index < -0.39 is 0 Å². The van der Waals surface area contributed by atoms with Crippen molar-refractivity contribution >= 4 is 5.91 Å². The Hall–Kier alpha value is -2.89. The molecule has 0 unspecified atom stereocenters. The topological polar surface area (TPSA) is 57.2 Å². The van der Waals surface area contributed by atoms with E-state index in [0.717, 1.165) is 17.1 Å². The quantitative estimate of drug-likeness (QED) is 0.745. The van der Waals surface area contributed by atoms with Crippen LogP contribution >= 0.6 is 0 Å². The number of rotatable bonds is 7. The second kappa shape index (κ2) is 8.66. The van der Waals surface area contributed by atoms with Crippen molar-refractivity contribution in [3.63, 3.8) is 0 Å². The van der Waals surface area contributed by atoms with Gasteiger partial charge in [-0.05, 0) is 49.7 Å². The molecule has 1 aliphatic rings. The summed E-state index contributed by atoms with van der Waals surface area (Å²) in [6.07, 6.45) is 0. The van der Waals surface area contributed by atoms with E-state index in [1.54, 1.807) is 30.1 Å². The first-order valence-electron chi connectivity index (χ1n) is 9.16. The molecule has 0 N–H and O–H groups in total. The van der Waals surface area contributed by atoms with Gasteiger partial charge in [0.15, 0.2) is 23.0 Å². The first-order chi connectivity index (χ1) is 13.1. The highest BCUT2D eigenvalue weighted by atomic mass is 16.6. The molecule has 2 aromatic carbocycles. The molecule has 144 valence electrons. The molecule has 3 rings (SSSR count). The summed E-state index contributed by atoms with van der Waals surface area (Å²) in [6.45, 7) is 6.42. The zero-order chi connectivity index (χ0) is 19.2. The molecule has 0 aromatic heterocycles. The van der Waals surface area contributed by atoms with Crippen LogP contribution in [0.4, 0.5) is 0 Å². The van der Waals surface area contributed by atoms with Crippen molar-refractivity contribution in [2.45, 2.75) is 20.4 Å². The van der Waals surface area contributed by atoms with Gasteiger partial charge >= 0.3 is 0 Å². The highest BCUT2D eigenvalue weighted by Gasteiger charge is 2.17. The minimum absolute atomic E-state index is 0.0890. The molecule has 1 heterocycles. The largest absolute Gasteiger partial charge is 0.490 e. The lowest BCUT2D eigenvalue weighted by atomic mass is 10.1. The van der Waals surface area contributed by atoms with E-state index in [9.17, 15) is 4.79 Å². The van der Waals surface area contributed by atoms with Crippen LogP contribution in [0.1, 0.15) is 29.8 Å². The van der Waals surface area contributed by atoms with Crippen LogP contribution < -0.4 is 18.9 Å². The lowest BCUT2D eigenvalue weighted by Gasteiger charge is -2.21. The van der Waals surface area contributed by atoms with Crippen LogP contribution in [0.15, 0.2) is 36.4 Å². The fraction of sp³-hybridized carbons (Fsp3) is 0.381. The second-order valence-electron chi connectivity index (χ2n) is 6.17. The summed E-state index contributed by atoms with van der Waals surface area (Å²) < 4.78 is 22.3. The minimum atomic E-state index is -0.0890.